The van der Waals surface area contributed by atoms with Crippen molar-refractivity contribution < 1.29 is 4.74 Å². The highest BCUT2D eigenvalue weighted by Gasteiger charge is 2.27. The van der Waals surface area contributed by atoms with Crippen LogP contribution in [0.5, 0.6) is 5.75 Å². The molecule has 2 aromatic rings. The Morgan fingerprint density at radius 3 is 2.74 bits per heavy atom. The van der Waals surface area contributed by atoms with Crippen LogP contribution in [0.4, 0.5) is 0 Å². The van der Waals surface area contributed by atoms with Gasteiger partial charge >= 0.3 is 0 Å². The lowest BCUT2D eigenvalue weighted by Gasteiger charge is -2.09. The summed E-state index contributed by atoms with van der Waals surface area (Å²) < 4.78 is 7.22. The van der Waals surface area contributed by atoms with Crippen molar-refractivity contribution in [2.24, 2.45) is 0 Å². The van der Waals surface area contributed by atoms with Crippen LogP contribution in [0.1, 0.15) is 30.3 Å². The van der Waals surface area contributed by atoms with Crippen LogP contribution in [0, 0.1) is 4.64 Å². The molecule has 1 saturated carbocycles. The average molecular weight is 337 g/mol. The zero-order chi connectivity index (χ0) is 13.2. The summed E-state index contributed by atoms with van der Waals surface area (Å²) in [6.45, 7) is 0.403. The topological polar surface area (TPSA) is 37.9 Å². The molecular formula is C14H13BrN2OS. The van der Waals surface area contributed by atoms with Crippen molar-refractivity contribution >= 4 is 28.1 Å². The van der Waals surface area contributed by atoms with Gasteiger partial charge in [-0.25, -0.2) is 4.98 Å². The lowest BCUT2D eigenvalue weighted by molar-refractivity contribution is 0.295. The zero-order valence-corrected chi connectivity index (χ0v) is 12.6. The molecule has 3 rings (SSSR count). The molecule has 1 aliphatic rings. The largest absolute Gasteiger partial charge is 0.486 e. The van der Waals surface area contributed by atoms with E-state index >= 15 is 0 Å². The molecule has 1 aliphatic carbocycles. The number of hydrogen-bond acceptors (Lipinski definition) is 3. The van der Waals surface area contributed by atoms with E-state index < -0.39 is 0 Å². The Bertz CT molecular complexity index is 638. The summed E-state index contributed by atoms with van der Waals surface area (Å²) in [4.78, 5) is 7.68. The van der Waals surface area contributed by atoms with Crippen LogP contribution >= 0.6 is 28.1 Å². The van der Waals surface area contributed by atoms with E-state index in [0.717, 1.165) is 21.7 Å². The summed E-state index contributed by atoms with van der Waals surface area (Å²) in [6.07, 6.45) is 2.43. The fourth-order valence-electron chi connectivity index (χ4n) is 1.92. The van der Waals surface area contributed by atoms with Gasteiger partial charge in [0.05, 0.1) is 4.47 Å². The number of aromatic nitrogens is 2. The van der Waals surface area contributed by atoms with Crippen molar-refractivity contribution in [3.63, 3.8) is 0 Å². The first-order valence-electron chi connectivity index (χ1n) is 6.20. The van der Waals surface area contributed by atoms with Crippen LogP contribution in [0.3, 0.4) is 0 Å². The molecule has 1 N–H and O–H groups in total. The van der Waals surface area contributed by atoms with E-state index in [2.05, 4.69) is 25.9 Å². The first-order chi connectivity index (χ1) is 9.24. The number of benzene rings is 1. The molecule has 0 aliphatic heterocycles. The summed E-state index contributed by atoms with van der Waals surface area (Å²) >= 11 is 8.78. The van der Waals surface area contributed by atoms with E-state index in [9.17, 15) is 0 Å². The van der Waals surface area contributed by atoms with Gasteiger partial charge in [-0.2, -0.15) is 0 Å². The molecule has 0 unspecified atom stereocenters. The number of H-pyrrole nitrogens is 1. The van der Waals surface area contributed by atoms with Crippen molar-refractivity contribution in [3.05, 3.63) is 51.0 Å². The van der Waals surface area contributed by atoms with Crippen LogP contribution in [0.15, 0.2) is 34.8 Å². The molecule has 0 radical (unpaired) electrons. The number of aromatic amines is 1. The fraction of sp³-hybridized carbons (Fsp3) is 0.286. The first kappa shape index (κ1) is 12.8. The molecule has 0 spiro atoms. The molecule has 1 fully saturated rings. The highest BCUT2D eigenvalue weighted by atomic mass is 79.9. The summed E-state index contributed by atoms with van der Waals surface area (Å²) in [5, 5.41) is 0. The average Bonchev–Trinajstić information content (AvgIpc) is 3.25. The second kappa shape index (κ2) is 5.43. The molecule has 98 valence electrons. The Morgan fingerprint density at radius 2 is 2.05 bits per heavy atom. The lowest BCUT2D eigenvalue weighted by atomic mass is 10.3. The molecule has 0 saturated heterocycles. The van der Waals surface area contributed by atoms with Gasteiger partial charge in [0, 0.05) is 11.6 Å². The molecule has 1 aromatic carbocycles. The number of hydrogen-bond donors (Lipinski definition) is 1. The Balaban J connectivity index is 1.79. The molecule has 0 bridgehead atoms. The normalized spacial score (nSPS) is 14.4. The Kier molecular flexibility index (Phi) is 3.66. The first-order valence-corrected chi connectivity index (χ1v) is 7.40. The van der Waals surface area contributed by atoms with Crippen LogP contribution in [0.2, 0.25) is 0 Å². The van der Waals surface area contributed by atoms with E-state index in [1.165, 1.54) is 12.8 Å². The van der Waals surface area contributed by atoms with Crippen molar-refractivity contribution in [2.45, 2.75) is 25.4 Å². The van der Waals surface area contributed by atoms with Crippen molar-refractivity contribution in [1.29, 1.82) is 0 Å². The number of halogens is 1. The van der Waals surface area contributed by atoms with Crippen LogP contribution in [0.25, 0.3) is 0 Å². The molecular weight excluding hydrogens is 324 g/mol. The van der Waals surface area contributed by atoms with Gasteiger partial charge in [-0.1, -0.05) is 30.4 Å². The van der Waals surface area contributed by atoms with E-state index in [1.807, 2.05) is 30.3 Å². The third-order valence-electron chi connectivity index (χ3n) is 3.04. The van der Waals surface area contributed by atoms with E-state index in [0.29, 0.717) is 17.2 Å². The number of ether oxygens (including phenoxy) is 1. The predicted molar refractivity (Wildman–Crippen MR) is 79.9 cm³/mol. The minimum absolute atomic E-state index is 0.403. The predicted octanol–water partition coefficient (Wildman–Crippen LogP) is 4.36. The number of para-hydroxylation sites is 1. The van der Waals surface area contributed by atoms with Crippen molar-refractivity contribution in [2.75, 3.05) is 0 Å². The van der Waals surface area contributed by atoms with Crippen LogP contribution in [-0.4, -0.2) is 9.97 Å². The van der Waals surface area contributed by atoms with Gasteiger partial charge in [0.1, 0.15) is 22.8 Å². The maximum absolute atomic E-state index is 5.69. The summed E-state index contributed by atoms with van der Waals surface area (Å²) in [7, 11) is 0. The molecule has 5 heteroatoms. The summed E-state index contributed by atoms with van der Waals surface area (Å²) in [5.41, 5.74) is 1.16. The highest BCUT2D eigenvalue weighted by Crippen LogP contribution is 2.42. The van der Waals surface area contributed by atoms with Gasteiger partial charge in [0.15, 0.2) is 0 Å². The SMILES string of the molecule is S=c1nc(COc2ccccc2)[nH]c(C2CC2)c1Br. The van der Waals surface area contributed by atoms with E-state index in [-0.39, 0.29) is 0 Å². The van der Waals surface area contributed by atoms with Crippen LogP contribution in [-0.2, 0) is 6.61 Å². The van der Waals surface area contributed by atoms with E-state index in [1.54, 1.807) is 0 Å². The van der Waals surface area contributed by atoms with Gasteiger partial charge in [0.25, 0.3) is 0 Å². The molecule has 0 atom stereocenters. The monoisotopic (exact) mass is 336 g/mol. The Morgan fingerprint density at radius 1 is 1.32 bits per heavy atom. The van der Waals surface area contributed by atoms with Gasteiger partial charge in [-0.15, -0.1) is 0 Å². The number of rotatable bonds is 4. The smallest absolute Gasteiger partial charge is 0.146 e. The molecule has 3 nitrogen and oxygen atoms in total. The van der Waals surface area contributed by atoms with Crippen molar-refractivity contribution in [1.82, 2.24) is 9.97 Å². The fourth-order valence-corrected chi connectivity index (χ4v) is 2.65. The quantitative estimate of drug-likeness (QED) is 0.843. The second-order valence-corrected chi connectivity index (χ2v) is 5.77. The zero-order valence-electron chi connectivity index (χ0n) is 10.2. The standard InChI is InChI=1S/C14H13BrN2OS/c15-12-13(9-6-7-9)16-11(17-14(12)19)8-18-10-4-2-1-3-5-10/h1-5,9H,6-8H2,(H,16,17,19). The molecule has 1 heterocycles. The van der Waals surface area contributed by atoms with Gasteiger partial charge in [-0.05, 0) is 40.9 Å². The van der Waals surface area contributed by atoms with Crippen molar-refractivity contribution in [3.8, 4) is 5.75 Å². The summed E-state index contributed by atoms with van der Waals surface area (Å²) in [5.74, 6) is 2.20. The minimum atomic E-state index is 0.403. The van der Waals surface area contributed by atoms with Crippen LogP contribution < -0.4 is 4.74 Å². The third kappa shape index (κ3) is 3.04. The summed E-state index contributed by atoms with van der Waals surface area (Å²) in [6, 6.07) is 9.71. The maximum Gasteiger partial charge on any atom is 0.146 e. The van der Waals surface area contributed by atoms with E-state index in [4.69, 9.17) is 17.0 Å². The second-order valence-electron chi connectivity index (χ2n) is 4.59. The molecule has 1 aromatic heterocycles. The maximum atomic E-state index is 5.69. The number of nitrogens with one attached hydrogen (secondary N) is 1. The highest BCUT2D eigenvalue weighted by molar-refractivity contribution is 9.10. The van der Waals surface area contributed by atoms with Gasteiger partial charge < -0.3 is 9.72 Å². The Labute approximate surface area is 125 Å². The lowest BCUT2D eigenvalue weighted by Crippen LogP contribution is -2.05. The number of nitrogens with zero attached hydrogens (tertiary/aromatic N) is 1. The third-order valence-corrected chi connectivity index (χ3v) is 4.40. The minimum Gasteiger partial charge on any atom is -0.486 e. The molecule has 19 heavy (non-hydrogen) atoms. The molecule has 0 amide bonds. The van der Waals surface area contributed by atoms with Gasteiger partial charge in [0.2, 0.25) is 0 Å². The van der Waals surface area contributed by atoms with Gasteiger partial charge in [-0.3, -0.25) is 0 Å². The Hall–Kier alpha value is -1.20.